The Hall–Kier alpha value is -5.55. The van der Waals surface area contributed by atoms with Crippen LogP contribution in [0, 0.1) is 57.8 Å². The van der Waals surface area contributed by atoms with E-state index in [9.17, 15) is 4.79 Å². The minimum Gasteiger partial charge on any atom is -0.460 e. The molecule has 66 heavy (non-hydrogen) atoms. The minimum absolute atomic E-state index is 0.0140. The highest BCUT2D eigenvalue weighted by molar-refractivity contribution is 5.97. The Kier molecular flexibility index (Phi) is 13.9. The summed E-state index contributed by atoms with van der Waals surface area (Å²) in [6, 6.07) is 40.9. The van der Waals surface area contributed by atoms with Gasteiger partial charge in [0.1, 0.15) is 6.10 Å². The highest BCUT2D eigenvalue weighted by Crippen LogP contribution is 2.48. The zero-order chi connectivity index (χ0) is 47.9. The van der Waals surface area contributed by atoms with Gasteiger partial charge in [0.05, 0.1) is 11.5 Å². The average molecular weight is 884 g/mol. The van der Waals surface area contributed by atoms with Crippen molar-refractivity contribution < 1.29 is 9.53 Å². The smallest absolute Gasteiger partial charge is 0.312 e. The van der Waals surface area contributed by atoms with E-state index in [4.69, 9.17) is 4.74 Å². The van der Waals surface area contributed by atoms with Gasteiger partial charge in [0.2, 0.25) is 0 Å². The summed E-state index contributed by atoms with van der Waals surface area (Å²) in [6.07, 6.45) is 4.53. The summed E-state index contributed by atoms with van der Waals surface area (Å²) in [5.41, 5.74) is 16.4. The topological polar surface area (TPSA) is 44.8 Å². The molecule has 348 valence electrons. The molecule has 3 unspecified atom stereocenters. The number of benzene rings is 6. The van der Waals surface area contributed by atoms with E-state index < -0.39 is 5.41 Å². The molecule has 0 bridgehead atoms. The van der Waals surface area contributed by atoms with Crippen LogP contribution in [0.2, 0.25) is 0 Å². The first-order valence-electron chi connectivity index (χ1n) is 24.4. The zero-order valence-electron chi connectivity index (χ0n) is 42.9. The summed E-state index contributed by atoms with van der Waals surface area (Å²) in [7, 11) is 4.35. The van der Waals surface area contributed by atoms with E-state index in [1.807, 2.05) is 0 Å². The molecule has 7 rings (SSSR count). The van der Waals surface area contributed by atoms with Crippen LogP contribution in [0.25, 0.3) is 10.8 Å². The van der Waals surface area contributed by atoms with Gasteiger partial charge in [-0.25, -0.2) is 0 Å². The van der Waals surface area contributed by atoms with Crippen molar-refractivity contribution in [3.05, 3.63) is 159 Å². The third-order valence-corrected chi connectivity index (χ3v) is 14.7. The molecule has 0 heterocycles. The lowest BCUT2D eigenvalue weighted by Crippen LogP contribution is -2.48. The molecular weight excluding hydrogens is 807 g/mol. The van der Waals surface area contributed by atoms with Crippen LogP contribution in [0.3, 0.4) is 0 Å². The van der Waals surface area contributed by atoms with Crippen LogP contribution in [0.5, 0.6) is 0 Å². The van der Waals surface area contributed by atoms with Gasteiger partial charge in [-0.1, -0.05) is 138 Å². The van der Waals surface area contributed by atoms with Gasteiger partial charge in [-0.2, -0.15) is 0 Å². The summed E-state index contributed by atoms with van der Waals surface area (Å²) in [5.74, 6) is -0.107. The standard InChI is InChI=1S/C61H77N3O2/c1-39-34-41(3)56(42(4)35-39)63(14)47-28-24-45(25-29-47)55(46-26-30-48(31-27-46)64(15)57-43(5)36-40(2)37-44(57)6)51-32-33-52(50-21-17-16-20-49(50)51)62-53-22-18-19-23-54(53)66-58(65)61(13,60(10,11)12)38-59(7,8)9/h16-17,20-21,24-37,53-55,62H,18-19,22-23,38H2,1-15H3. The fourth-order valence-corrected chi connectivity index (χ4v) is 11.3. The number of ether oxygens (including phenoxy) is 1. The van der Waals surface area contributed by atoms with E-state index in [1.54, 1.807) is 0 Å². The molecule has 1 N–H and O–H groups in total. The Labute approximate surface area is 398 Å². The number of nitrogens with one attached hydrogen (secondary N) is 1. The van der Waals surface area contributed by atoms with Gasteiger partial charge < -0.3 is 19.9 Å². The zero-order valence-corrected chi connectivity index (χ0v) is 42.9. The Bertz CT molecular complexity index is 2530. The molecule has 1 fully saturated rings. The SMILES string of the molecule is Cc1cc(C)c(N(C)c2ccc(C(c3ccc(N(C)c4c(C)cc(C)cc4C)cc3)c3ccc(NC4CCCCC4OC(=O)C(C)(CC(C)(C)C)C(C)(C)C)c4ccccc34)cc2)c(C)c1. The van der Waals surface area contributed by atoms with Gasteiger partial charge in [-0.3, -0.25) is 4.79 Å². The maximum absolute atomic E-state index is 14.3. The number of hydrogen-bond acceptors (Lipinski definition) is 5. The third-order valence-electron chi connectivity index (χ3n) is 14.7. The minimum atomic E-state index is -0.616. The van der Waals surface area contributed by atoms with Gasteiger partial charge in [0.25, 0.3) is 0 Å². The fourth-order valence-electron chi connectivity index (χ4n) is 11.3. The molecule has 1 saturated carbocycles. The number of fused-ring (bicyclic) bond motifs is 1. The van der Waals surface area contributed by atoms with Crippen molar-refractivity contribution in [2.45, 2.75) is 140 Å². The molecule has 0 radical (unpaired) electrons. The predicted molar refractivity (Wildman–Crippen MR) is 283 cm³/mol. The number of aryl methyl sites for hydroxylation is 6. The van der Waals surface area contributed by atoms with Crippen LogP contribution in [0.15, 0.2) is 109 Å². The van der Waals surface area contributed by atoms with Crippen LogP contribution in [0.1, 0.15) is 137 Å². The van der Waals surface area contributed by atoms with E-state index in [1.165, 1.54) is 72.2 Å². The van der Waals surface area contributed by atoms with Crippen molar-refractivity contribution in [3.8, 4) is 0 Å². The lowest BCUT2D eigenvalue weighted by atomic mass is 9.61. The van der Waals surface area contributed by atoms with Crippen molar-refractivity contribution in [3.63, 3.8) is 0 Å². The monoisotopic (exact) mass is 884 g/mol. The fraction of sp³-hybridized carbons (Fsp3) is 0.426. The van der Waals surface area contributed by atoms with Crippen LogP contribution in [0.4, 0.5) is 28.4 Å². The normalized spacial score (nSPS) is 16.5. The maximum atomic E-state index is 14.3. The van der Waals surface area contributed by atoms with Gasteiger partial charge in [0, 0.05) is 53.8 Å². The molecule has 0 amide bonds. The molecule has 1 aliphatic rings. The number of nitrogens with zero attached hydrogens (tertiary/aromatic N) is 2. The first-order valence-corrected chi connectivity index (χ1v) is 24.4. The third kappa shape index (κ3) is 10.1. The largest absolute Gasteiger partial charge is 0.460 e. The van der Waals surface area contributed by atoms with Crippen LogP contribution in [-0.4, -0.2) is 32.2 Å². The lowest BCUT2D eigenvalue weighted by Gasteiger charge is -2.45. The number of hydrogen-bond donors (Lipinski definition) is 1. The van der Waals surface area contributed by atoms with Crippen molar-refractivity contribution in [2.75, 3.05) is 29.2 Å². The molecule has 0 aromatic heterocycles. The second-order valence-corrected chi connectivity index (χ2v) is 22.3. The van der Waals surface area contributed by atoms with Crippen molar-refractivity contribution in [2.24, 2.45) is 16.2 Å². The Morgan fingerprint density at radius 2 is 1.08 bits per heavy atom. The van der Waals surface area contributed by atoms with Crippen LogP contribution in [-0.2, 0) is 9.53 Å². The van der Waals surface area contributed by atoms with Gasteiger partial charge >= 0.3 is 5.97 Å². The predicted octanol–water partition coefficient (Wildman–Crippen LogP) is 16.2. The van der Waals surface area contributed by atoms with E-state index >= 15 is 0 Å². The van der Waals surface area contributed by atoms with E-state index in [0.29, 0.717) is 0 Å². The van der Waals surface area contributed by atoms with Crippen molar-refractivity contribution in [1.29, 1.82) is 0 Å². The molecule has 5 heteroatoms. The highest BCUT2D eigenvalue weighted by Gasteiger charge is 2.49. The summed E-state index contributed by atoms with van der Waals surface area (Å²) >= 11 is 0. The number of esters is 1. The summed E-state index contributed by atoms with van der Waals surface area (Å²) in [5, 5.41) is 6.35. The van der Waals surface area contributed by atoms with Crippen LogP contribution < -0.4 is 15.1 Å². The molecule has 6 aromatic carbocycles. The van der Waals surface area contributed by atoms with E-state index in [0.717, 1.165) is 49.2 Å². The maximum Gasteiger partial charge on any atom is 0.312 e. The van der Waals surface area contributed by atoms with E-state index in [-0.39, 0.29) is 34.9 Å². The number of anilines is 5. The molecule has 3 atom stereocenters. The summed E-state index contributed by atoms with van der Waals surface area (Å²) < 4.78 is 6.64. The second kappa shape index (κ2) is 19.0. The summed E-state index contributed by atoms with van der Waals surface area (Å²) in [6.45, 7) is 28.5. The Balaban J connectivity index is 1.27. The first-order chi connectivity index (χ1) is 31.1. The molecule has 6 aromatic rings. The van der Waals surface area contributed by atoms with Crippen molar-refractivity contribution >= 4 is 45.2 Å². The first kappa shape index (κ1) is 48.4. The van der Waals surface area contributed by atoms with Gasteiger partial charge in [0.15, 0.2) is 0 Å². The summed E-state index contributed by atoms with van der Waals surface area (Å²) in [4.78, 5) is 19.0. The van der Waals surface area contributed by atoms with Gasteiger partial charge in [-0.05, 0) is 160 Å². The number of carbonyl (C=O) groups is 1. The molecular formula is C61H77N3O2. The second-order valence-electron chi connectivity index (χ2n) is 22.3. The van der Waals surface area contributed by atoms with Gasteiger partial charge in [-0.15, -0.1) is 0 Å². The Morgan fingerprint density at radius 3 is 1.53 bits per heavy atom. The number of rotatable bonds is 12. The highest BCUT2D eigenvalue weighted by atomic mass is 16.5. The molecule has 0 saturated heterocycles. The molecule has 5 nitrogen and oxygen atoms in total. The van der Waals surface area contributed by atoms with Crippen molar-refractivity contribution in [1.82, 2.24) is 0 Å². The molecule has 0 aliphatic heterocycles. The quantitative estimate of drug-likeness (QED) is 0.0980. The number of carbonyl (C=O) groups excluding carboxylic acids is 1. The molecule has 1 aliphatic carbocycles. The van der Waals surface area contributed by atoms with Crippen LogP contribution >= 0.6 is 0 Å². The average Bonchev–Trinajstić information content (AvgIpc) is 3.23. The molecule has 0 spiro atoms. The Morgan fingerprint density at radius 1 is 0.621 bits per heavy atom. The lowest BCUT2D eigenvalue weighted by molar-refractivity contribution is -0.172. The van der Waals surface area contributed by atoms with E-state index in [2.05, 4.69) is 228 Å².